The molecular weight excluding hydrogens is 427 g/mol. The van der Waals surface area contributed by atoms with Crippen LogP contribution in [0.1, 0.15) is 31.1 Å². The Bertz CT molecular complexity index is 992. The van der Waals surface area contributed by atoms with Gasteiger partial charge in [0, 0.05) is 35.8 Å². The molecule has 0 aliphatic rings. The Morgan fingerprint density at radius 2 is 1.61 bits per heavy atom. The highest BCUT2D eigenvalue weighted by Crippen LogP contribution is 2.59. The molecule has 3 rings (SSSR count). The summed E-state index contributed by atoms with van der Waals surface area (Å²) in [4.78, 5) is 2.02. The summed E-state index contributed by atoms with van der Waals surface area (Å²) >= 11 is 6.13. The Labute approximate surface area is 190 Å². The molecule has 0 radical (unpaired) electrons. The summed E-state index contributed by atoms with van der Waals surface area (Å²) in [6.45, 7) is 2.53. The number of nitrogens with zero attached hydrogens (tertiary/aromatic N) is 1. The summed E-state index contributed by atoms with van der Waals surface area (Å²) in [6, 6.07) is 25.0. The van der Waals surface area contributed by atoms with Crippen molar-refractivity contribution in [1.82, 2.24) is 0 Å². The van der Waals surface area contributed by atoms with Gasteiger partial charge in [0.05, 0.1) is 6.61 Å². The molecule has 0 heterocycles. The van der Waals surface area contributed by atoms with Crippen molar-refractivity contribution in [1.29, 1.82) is 0 Å². The summed E-state index contributed by atoms with van der Waals surface area (Å²) < 4.78 is 20.9. The maximum Gasteiger partial charge on any atom is 0.258 e. The van der Waals surface area contributed by atoms with Crippen molar-refractivity contribution in [3.63, 3.8) is 0 Å². The van der Waals surface area contributed by atoms with E-state index in [4.69, 9.17) is 16.1 Å². The van der Waals surface area contributed by atoms with Gasteiger partial charge in [0.1, 0.15) is 5.78 Å². The van der Waals surface area contributed by atoms with Gasteiger partial charge < -0.3 is 14.7 Å². The van der Waals surface area contributed by atoms with Gasteiger partial charge in [-0.2, -0.15) is 0 Å². The molecule has 0 unspecified atom stereocenters. The average molecular weight is 457 g/mol. The summed E-state index contributed by atoms with van der Waals surface area (Å²) in [5, 5.41) is 4.81. The van der Waals surface area contributed by atoms with Gasteiger partial charge in [0.25, 0.3) is 7.37 Å². The van der Waals surface area contributed by atoms with Crippen molar-refractivity contribution in [2.45, 2.75) is 25.5 Å². The van der Waals surface area contributed by atoms with Crippen LogP contribution in [0, 0.1) is 0 Å². The number of para-hydroxylation sites is 1. The van der Waals surface area contributed by atoms with Crippen molar-refractivity contribution in [3.05, 3.63) is 89.4 Å². The normalized spacial score (nSPS) is 13.9. The van der Waals surface area contributed by atoms with Gasteiger partial charge in [-0.3, -0.25) is 4.57 Å². The molecule has 0 saturated carbocycles. The lowest BCUT2D eigenvalue weighted by molar-refractivity contribution is 0.308. The molecule has 31 heavy (non-hydrogen) atoms. The van der Waals surface area contributed by atoms with E-state index < -0.39 is 13.2 Å². The van der Waals surface area contributed by atoms with Gasteiger partial charge in [-0.15, -0.1) is 0 Å². The zero-order valence-corrected chi connectivity index (χ0v) is 19.9. The molecule has 0 aliphatic heterocycles. The Hall–Kier alpha value is -2.26. The quantitative estimate of drug-likeness (QED) is 0.265. The number of nitrogens with one attached hydrogen (secondary N) is 1. The van der Waals surface area contributed by atoms with E-state index in [0.717, 1.165) is 29.8 Å². The maximum absolute atomic E-state index is 14.6. The van der Waals surface area contributed by atoms with Gasteiger partial charge >= 0.3 is 0 Å². The third-order valence-electron chi connectivity index (χ3n) is 5.11. The zero-order valence-electron chi connectivity index (χ0n) is 18.3. The van der Waals surface area contributed by atoms with Crippen molar-refractivity contribution in [2.24, 2.45) is 0 Å². The molecule has 0 amide bonds. The lowest BCUT2D eigenvalue weighted by atomic mass is 10.2. The summed E-state index contributed by atoms with van der Waals surface area (Å²) in [6.07, 6.45) is 1.82. The van der Waals surface area contributed by atoms with Crippen molar-refractivity contribution < 1.29 is 9.09 Å². The van der Waals surface area contributed by atoms with Crippen LogP contribution in [-0.4, -0.2) is 20.7 Å². The highest BCUT2D eigenvalue weighted by Gasteiger charge is 2.38. The van der Waals surface area contributed by atoms with E-state index in [1.165, 1.54) is 0 Å². The molecular formula is C25H30ClN2O2P. The molecule has 0 aromatic heterocycles. The average Bonchev–Trinajstić information content (AvgIpc) is 2.79. The second kappa shape index (κ2) is 10.9. The molecule has 164 valence electrons. The van der Waals surface area contributed by atoms with E-state index in [9.17, 15) is 4.57 Å². The van der Waals surface area contributed by atoms with Gasteiger partial charge in [0.2, 0.25) is 0 Å². The first kappa shape index (κ1) is 23.4. The lowest BCUT2D eigenvalue weighted by Crippen LogP contribution is -2.21. The molecule has 6 heteroatoms. The molecule has 4 nitrogen and oxygen atoms in total. The van der Waals surface area contributed by atoms with Crippen LogP contribution in [0.2, 0.25) is 5.02 Å². The SMILES string of the molecule is CCCCO[P@@](=O)(c1ccc(N(C)C)cc1)[C@@H](Nc1ccccc1)c1ccc(Cl)cc1. The van der Waals surface area contributed by atoms with Crippen molar-refractivity contribution in [2.75, 3.05) is 30.9 Å². The number of halogens is 1. The van der Waals surface area contributed by atoms with E-state index in [1.807, 2.05) is 97.9 Å². The Balaban J connectivity index is 2.08. The fraction of sp³-hybridized carbons (Fsp3) is 0.280. The fourth-order valence-corrected chi connectivity index (χ4v) is 5.87. The molecule has 0 saturated heterocycles. The minimum absolute atomic E-state index is 0.434. The van der Waals surface area contributed by atoms with E-state index in [-0.39, 0.29) is 0 Å². The number of anilines is 2. The number of hydrogen-bond donors (Lipinski definition) is 1. The second-order valence-electron chi connectivity index (χ2n) is 7.66. The van der Waals surface area contributed by atoms with Gasteiger partial charge in [-0.1, -0.05) is 55.3 Å². The number of hydrogen-bond acceptors (Lipinski definition) is 4. The first-order valence-electron chi connectivity index (χ1n) is 10.5. The molecule has 3 aromatic carbocycles. The molecule has 2 atom stereocenters. The minimum Gasteiger partial charge on any atom is -0.378 e. The molecule has 0 spiro atoms. The standard InChI is InChI=1S/C25H30ClN2O2P/c1-4-5-19-30-31(29,24-17-15-23(16-18-24)28(2)3)25(20-11-13-21(26)14-12-20)27-22-9-7-6-8-10-22/h6-18,25,27H,4-5,19H2,1-3H3/t25-,31+/m1/s1. The molecule has 1 N–H and O–H groups in total. The fourth-order valence-electron chi connectivity index (χ4n) is 3.30. The van der Waals surface area contributed by atoms with E-state index in [2.05, 4.69) is 12.2 Å². The van der Waals surface area contributed by atoms with Gasteiger partial charge in [-0.25, -0.2) is 0 Å². The van der Waals surface area contributed by atoms with Crippen LogP contribution < -0.4 is 15.5 Å². The van der Waals surface area contributed by atoms with Crippen molar-refractivity contribution in [3.8, 4) is 0 Å². The highest BCUT2D eigenvalue weighted by molar-refractivity contribution is 7.67. The van der Waals surface area contributed by atoms with Gasteiger partial charge in [-0.05, 0) is 60.5 Å². The molecule has 0 bridgehead atoms. The highest BCUT2D eigenvalue weighted by atomic mass is 35.5. The third-order valence-corrected chi connectivity index (χ3v) is 8.05. The largest absolute Gasteiger partial charge is 0.378 e. The van der Waals surface area contributed by atoms with E-state index in [1.54, 1.807) is 0 Å². The van der Waals surface area contributed by atoms with E-state index >= 15 is 0 Å². The Morgan fingerprint density at radius 1 is 0.968 bits per heavy atom. The van der Waals surface area contributed by atoms with Crippen LogP contribution in [0.15, 0.2) is 78.9 Å². The van der Waals surface area contributed by atoms with Crippen LogP contribution in [0.4, 0.5) is 11.4 Å². The minimum atomic E-state index is -3.34. The van der Waals surface area contributed by atoms with Crippen LogP contribution in [0.25, 0.3) is 0 Å². The van der Waals surface area contributed by atoms with Crippen molar-refractivity contribution >= 4 is 35.6 Å². The van der Waals surface area contributed by atoms with Crippen LogP contribution in [-0.2, 0) is 9.09 Å². The second-order valence-corrected chi connectivity index (χ2v) is 10.6. The summed E-state index contributed by atoms with van der Waals surface area (Å²) in [5.74, 6) is -0.547. The molecule has 0 aliphatic carbocycles. The van der Waals surface area contributed by atoms with Crippen LogP contribution in [0.3, 0.4) is 0 Å². The Kier molecular flexibility index (Phi) is 8.20. The van der Waals surface area contributed by atoms with Crippen LogP contribution >= 0.6 is 19.0 Å². The predicted octanol–water partition coefficient (Wildman–Crippen LogP) is 6.94. The van der Waals surface area contributed by atoms with Crippen LogP contribution in [0.5, 0.6) is 0 Å². The number of rotatable bonds is 10. The lowest BCUT2D eigenvalue weighted by Gasteiger charge is -2.30. The first-order valence-corrected chi connectivity index (χ1v) is 12.6. The van der Waals surface area contributed by atoms with E-state index in [0.29, 0.717) is 16.9 Å². The molecule has 3 aromatic rings. The number of unbranched alkanes of at least 4 members (excludes halogenated alkanes) is 1. The maximum atomic E-state index is 14.6. The monoisotopic (exact) mass is 456 g/mol. The Morgan fingerprint density at radius 3 is 2.19 bits per heavy atom. The number of benzene rings is 3. The summed E-state index contributed by atoms with van der Waals surface area (Å²) in [7, 11) is 0.635. The summed E-state index contributed by atoms with van der Waals surface area (Å²) in [5.41, 5.74) is 2.79. The molecule has 0 fully saturated rings. The first-order chi connectivity index (χ1) is 14.9. The zero-order chi connectivity index (χ0) is 22.3. The third kappa shape index (κ3) is 5.92. The predicted molar refractivity (Wildman–Crippen MR) is 133 cm³/mol. The topological polar surface area (TPSA) is 41.6 Å². The smallest absolute Gasteiger partial charge is 0.258 e. The van der Waals surface area contributed by atoms with Gasteiger partial charge in [0.15, 0.2) is 0 Å².